The van der Waals surface area contributed by atoms with Crippen molar-refractivity contribution >= 4 is 11.8 Å². The van der Waals surface area contributed by atoms with E-state index in [1.54, 1.807) is 6.08 Å². The minimum atomic E-state index is -0.497. The molecule has 0 amide bonds. The Bertz CT molecular complexity index is 467. The molecule has 0 radical (unpaired) electrons. The van der Waals surface area contributed by atoms with Crippen molar-refractivity contribution in [3.8, 4) is 0 Å². The summed E-state index contributed by atoms with van der Waals surface area (Å²) < 4.78 is 5.46. The van der Waals surface area contributed by atoms with E-state index in [9.17, 15) is 14.7 Å². The van der Waals surface area contributed by atoms with E-state index in [-0.39, 0.29) is 41.4 Å². The zero-order chi connectivity index (χ0) is 13.8. The van der Waals surface area contributed by atoms with Gasteiger partial charge in [0.25, 0.3) is 0 Å². The summed E-state index contributed by atoms with van der Waals surface area (Å²) in [5, 5.41) is 9.82. The molecule has 19 heavy (non-hydrogen) atoms. The van der Waals surface area contributed by atoms with Crippen molar-refractivity contribution < 1.29 is 19.4 Å². The molecule has 4 nitrogen and oxygen atoms in total. The maximum atomic E-state index is 12.3. The van der Waals surface area contributed by atoms with E-state index < -0.39 is 5.41 Å². The first-order valence-corrected chi connectivity index (χ1v) is 7.07. The van der Waals surface area contributed by atoms with Crippen molar-refractivity contribution in [2.75, 3.05) is 0 Å². The monoisotopic (exact) mass is 264 g/mol. The molecule has 3 aliphatic rings. The molecule has 5 atom stereocenters. The molecule has 2 fully saturated rings. The van der Waals surface area contributed by atoms with Crippen LogP contribution >= 0.6 is 0 Å². The van der Waals surface area contributed by atoms with Gasteiger partial charge in [0.15, 0.2) is 5.76 Å². The van der Waals surface area contributed by atoms with Crippen LogP contribution < -0.4 is 0 Å². The summed E-state index contributed by atoms with van der Waals surface area (Å²) in [6.45, 7) is 3.99. The van der Waals surface area contributed by atoms with Crippen LogP contribution in [0.1, 0.15) is 39.5 Å². The van der Waals surface area contributed by atoms with Crippen molar-refractivity contribution in [3.05, 3.63) is 11.8 Å². The normalized spacial score (nSPS) is 45.9. The van der Waals surface area contributed by atoms with Crippen LogP contribution in [0, 0.1) is 23.2 Å². The maximum Gasteiger partial charge on any atom is 0.306 e. The molecule has 0 aromatic rings. The first kappa shape index (κ1) is 12.7. The molecule has 3 rings (SSSR count). The van der Waals surface area contributed by atoms with Gasteiger partial charge in [-0.3, -0.25) is 9.59 Å². The van der Waals surface area contributed by atoms with Gasteiger partial charge in [0.2, 0.25) is 5.78 Å². The van der Waals surface area contributed by atoms with Crippen molar-refractivity contribution in [1.82, 2.24) is 0 Å². The molecule has 104 valence electrons. The number of fused-ring (bicyclic) bond motifs is 2. The SMILES string of the molecule is CC1C=C(O)C(=O)C2(C)CC3CCC(=O)OC3CC12. The first-order valence-electron chi connectivity index (χ1n) is 7.07. The van der Waals surface area contributed by atoms with Gasteiger partial charge in [-0.2, -0.15) is 0 Å². The molecule has 4 heteroatoms. The summed E-state index contributed by atoms with van der Waals surface area (Å²) in [4.78, 5) is 23.8. The second kappa shape index (κ2) is 4.09. The van der Waals surface area contributed by atoms with Gasteiger partial charge in [-0.15, -0.1) is 0 Å². The summed E-state index contributed by atoms with van der Waals surface area (Å²) in [5.41, 5.74) is -0.497. The van der Waals surface area contributed by atoms with Gasteiger partial charge in [0, 0.05) is 11.8 Å². The lowest BCUT2D eigenvalue weighted by Gasteiger charge is -2.51. The number of hydrogen-bond acceptors (Lipinski definition) is 4. The highest BCUT2D eigenvalue weighted by Crippen LogP contribution is 2.53. The predicted molar refractivity (Wildman–Crippen MR) is 68.3 cm³/mol. The Kier molecular flexibility index (Phi) is 2.73. The van der Waals surface area contributed by atoms with Gasteiger partial charge in [-0.1, -0.05) is 13.8 Å². The Balaban J connectivity index is 1.93. The lowest BCUT2D eigenvalue weighted by Crippen LogP contribution is -2.53. The Morgan fingerprint density at radius 2 is 2.16 bits per heavy atom. The second-order valence-electron chi connectivity index (χ2n) is 6.53. The average Bonchev–Trinajstić information content (AvgIpc) is 2.36. The first-order chi connectivity index (χ1) is 8.91. The van der Waals surface area contributed by atoms with Gasteiger partial charge in [-0.25, -0.2) is 0 Å². The maximum absolute atomic E-state index is 12.3. The molecular formula is C15H20O4. The third kappa shape index (κ3) is 1.80. The molecule has 0 spiro atoms. The highest BCUT2D eigenvalue weighted by Gasteiger charge is 2.55. The van der Waals surface area contributed by atoms with Crippen LogP contribution in [0.5, 0.6) is 0 Å². The van der Waals surface area contributed by atoms with Crippen molar-refractivity contribution in [2.45, 2.75) is 45.6 Å². The van der Waals surface area contributed by atoms with Crippen LogP contribution in [0.25, 0.3) is 0 Å². The number of carbonyl (C=O) groups is 2. The summed E-state index contributed by atoms with van der Waals surface area (Å²) in [6.07, 6.45) is 4.33. The zero-order valence-electron chi connectivity index (χ0n) is 11.4. The average molecular weight is 264 g/mol. The third-order valence-electron chi connectivity index (χ3n) is 5.33. The van der Waals surface area contributed by atoms with Crippen molar-refractivity contribution in [2.24, 2.45) is 23.2 Å². The van der Waals surface area contributed by atoms with Gasteiger partial charge >= 0.3 is 5.97 Å². The Labute approximate surface area is 112 Å². The Morgan fingerprint density at radius 3 is 2.89 bits per heavy atom. The Morgan fingerprint density at radius 1 is 1.42 bits per heavy atom. The number of ketones is 1. The molecule has 0 aromatic carbocycles. The number of aliphatic hydroxyl groups excluding tert-OH is 1. The van der Waals surface area contributed by atoms with E-state index in [1.165, 1.54) is 0 Å². The largest absolute Gasteiger partial charge is 0.505 e. The van der Waals surface area contributed by atoms with E-state index in [2.05, 4.69) is 0 Å². The third-order valence-corrected chi connectivity index (χ3v) is 5.33. The number of ether oxygens (including phenoxy) is 1. The summed E-state index contributed by atoms with van der Waals surface area (Å²) in [7, 11) is 0. The molecule has 1 saturated heterocycles. The van der Waals surface area contributed by atoms with E-state index in [0.717, 1.165) is 19.3 Å². The standard InChI is InChI=1S/C15H20O4/c1-8-5-11(16)14(18)15(2)7-9-3-4-13(17)19-12(9)6-10(8)15/h5,8-10,12,16H,3-4,6-7H2,1-2H3. The number of rotatable bonds is 0. The van der Waals surface area contributed by atoms with Crippen LogP contribution in [-0.4, -0.2) is 23.0 Å². The molecule has 2 aliphatic carbocycles. The molecule has 1 heterocycles. The van der Waals surface area contributed by atoms with Crippen LogP contribution in [0.4, 0.5) is 0 Å². The molecule has 0 bridgehead atoms. The second-order valence-corrected chi connectivity index (χ2v) is 6.53. The number of Topliss-reactive ketones (excluding diaryl/α,β-unsaturated/α-hetero) is 1. The highest BCUT2D eigenvalue weighted by molar-refractivity contribution is 5.98. The molecule has 1 N–H and O–H groups in total. The van der Waals surface area contributed by atoms with Crippen LogP contribution in [-0.2, 0) is 14.3 Å². The number of esters is 1. The lowest BCUT2D eigenvalue weighted by atomic mass is 9.54. The summed E-state index contributed by atoms with van der Waals surface area (Å²) in [6, 6.07) is 0. The van der Waals surface area contributed by atoms with E-state index >= 15 is 0 Å². The number of aliphatic hydroxyl groups is 1. The molecule has 1 saturated carbocycles. The quantitative estimate of drug-likeness (QED) is 0.682. The fourth-order valence-corrected chi connectivity index (χ4v) is 4.28. The molecular weight excluding hydrogens is 244 g/mol. The van der Waals surface area contributed by atoms with Crippen molar-refractivity contribution in [1.29, 1.82) is 0 Å². The van der Waals surface area contributed by atoms with Crippen LogP contribution in [0.2, 0.25) is 0 Å². The Hall–Kier alpha value is -1.32. The molecule has 0 aromatic heterocycles. The van der Waals surface area contributed by atoms with Crippen LogP contribution in [0.3, 0.4) is 0 Å². The number of allylic oxidation sites excluding steroid dienone is 2. The summed E-state index contributed by atoms with van der Waals surface area (Å²) >= 11 is 0. The summed E-state index contributed by atoms with van der Waals surface area (Å²) in [5.74, 6) is 0.231. The van der Waals surface area contributed by atoms with Gasteiger partial charge in [-0.05, 0) is 43.1 Å². The fourth-order valence-electron chi connectivity index (χ4n) is 4.28. The zero-order valence-corrected chi connectivity index (χ0v) is 11.4. The van der Waals surface area contributed by atoms with E-state index in [4.69, 9.17) is 4.74 Å². The minimum absolute atomic E-state index is 0.0387. The van der Waals surface area contributed by atoms with E-state index in [0.29, 0.717) is 6.42 Å². The van der Waals surface area contributed by atoms with E-state index in [1.807, 2.05) is 13.8 Å². The lowest BCUT2D eigenvalue weighted by molar-refractivity contribution is -0.171. The number of hydrogen-bond donors (Lipinski definition) is 1. The smallest absolute Gasteiger partial charge is 0.306 e. The fraction of sp³-hybridized carbons (Fsp3) is 0.733. The molecule has 5 unspecified atom stereocenters. The van der Waals surface area contributed by atoms with Crippen molar-refractivity contribution in [3.63, 3.8) is 0 Å². The predicted octanol–water partition coefficient (Wildman–Crippen LogP) is 2.39. The highest BCUT2D eigenvalue weighted by atomic mass is 16.5. The molecule has 1 aliphatic heterocycles. The topological polar surface area (TPSA) is 63.6 Å². The van der Waals surface area contributed by atoms with Gasteiger partial charge in [0.05, 0.1) is 0 Å². The van der Waals surface area contributed by atoms with Gasteiger partial charge < -0.3 is 9.84 Å². The van der Waals surface area contributed by atoms with Crippen LogP contribution in [0.15, 0.2) is 11.8 Å². The van der Waals surface area contributed by atoms with Gasteiger partial charge in [0.1, 0.15) is 6.10 Å². The minimum Gasteiger partial charge on any atom is -0.505 e. The number of carbonyl (C=O) groups excluding carboxylic acids is 2.